The molecule has 4 rings (SSSR count). The molecular weight excluding hydrogens is 434 g/mol. The summed E-state index contributed by atoms with van der Waals surface area (Å²) in [6.45, 7) is 0.778. The normalized spacial score (nSPS) is 17.0. The molecule has 1 amide bonds. The summed E-state index contributed by atoms with van der Waals surface area (Å²) in [5.41, 5.74) is -0.460. The fourth-order valence-electron chi connectivity index (χ4n) is 4.24. The summed E-state index contributed by atoms with van der Waals surface area (Å²) >= 11 is 1.51. The van der Waals surface area contributed by atoms with E-state index in [1.165, 1.54) is 32.0 Å². The van der Waals surface area contributed by atoms with Gasteiger partial charge in [0.15, 0.2) is 17.3 Å². The monoisotopic (exact) mass is 459 g/mol. The lowest BCUT2D eigenvalue weighted by Gasteiger charge is -2.44. The van der Waals surface area contributed by atoms with Crippen LogP contribution in [0.25, 0.3) is 0 Å². The molecule has 0 radical (unpaired) electrons. The quantitative estimate of drug-likeness (QED) is 0.725. The minimum absolute atomic E-state index is 0.0232. The highest BCUT2D eigenvalue weighted by molar-refractivity contribution is 7.97. The van der Waals surface area contributed by atoms with Crippen LogP contribution in [-0.2, 0) is 5.75 Å². The predicted octanol–water partition coefficient (Wildman–Crippen LogP) is 2.29. The fourth-order valence-corrected chi connectivity index (χ4v) is 4.65. The van der Waals surface area contributed by atoms with E-state index in [0.29, 0.717) is 60.3 Å². The summed E-state index contributed by atoms with van der Waals surface area (Å²) < 4.78 is 17.2. The molecule has 2 aromatic rings. The number of carbonyl (C=O) groups is 2. The zero-order valence-electron chi connectivity index (χ0n) is 18.2. The van der Waals surface area contributed by atoms with Crippen molar-refractivity contribution in [1.82, 2.24) is 14.9 Å². The number of methoxy groups -OCH3 is 2. The molecule has 32 heavy (non-hydrogen) atoms. The molecule has 1 aromatic carbocycles. The zero-order chi connectivity index (χ0) is 22.9. The van der Waals surface area contributed by atoms with Crippen molar-refractivity contribution in [3.05, 3.63) is 45.6 Å². The molecule has 1 N–H and O–H groups in total. The number of aromatic amines is 1. The molecule has 0 bridgehead atoms. The number of thioether (sulfide) groups is 1. The first-order valence-corrected chi connectivity index (χ1v) is 11.6. The van der Waals surface area contributed by atoms with E-state index in [2.05, 4.69) is 9.97 Å². The lowest BCUT2D eigenvalue weighted by molar-refractivity contribution is -0.00761. The lowest BCUT2D eigenvalue weighted by Crippen LogP contribution is -2.52. The highest BCUT2D eigenvalue weighted by Gasteiger charge is 2.45. The number of amides is 1. The Morgan fingerprint density at radius 1 is 1.25 bits per heavy atom. The van der Waals surface area contributed by atoms with Crippen molar-refractivity contribution in [3.8, 4) is 17.2 Å². The number of ether oxygens (including phenoxy) is 3. The minimum atomic E-state index is -0.716. The smallest absolute Gasteiger partial charge is 0.272 e. The first-order chi connectivity index (χ1) is 15.4. The van der Waals surface area contributed by atoms with Gasteiger partial charge in [0, 0.05) is 32.0 Å². The van der Waals surface area contributed by atoms with Gasteiger partial charge in [-0.05, 0) is 18.4 Å². The van der Waals surface area contributed by atoms with Crippen LogP contribution in [0.5, 0.6) is 17.2 Å². The molecule has 3 heterocycles. The number of ketones is 1. The number of nitrogens with zero attached hydrogens (tertiary/aromatic N) is 2. The Labute approximate surface area is 189 Å². The SMILES string of the molecule is COc1ccc2c(c1OC)OC1(CCN(C(=O)c3cc(=O)[nH]c(CSC)n3)CC1)CC2=O. The second-order valence-corrected chi connectivity index (χ2v) is 8.73. The molecular formula is C22H25N3O6S. The van der Waals surface area contributed by atoms with E-state index in [-0.39, 0.29) is 29.4 Å². The Morgan fingerprint density at radius 3 is 2.66 bits per heavy atom. The number of aromatic nitrogens is 2. The second kappa shape index (κ2) is 8.85. The first kappa shape index (κ1) is 22.2. The predicted molar refractivity (Wildman–Crippen MR) is 119 cm³/mol. The van der Waals surface area contributed by atoms with Crippen LogP contribution in [0.4, 0.5) is 0 Å². The summed E-state index contributed by atoms with van der Waals surface area (Å²) in [6, 6.07) is 4.61. The van der Waals surface area contributed by atoms with Gasteiger partial charge in [0.2, 0.25) is 5.75 Å². The van der Waals surface area contributed by atoms with E-state index in [0.717, 1.165) is 0 Å². The average Bonchev–Trinajstić information content (AvgIpc) is 2.78. The summed E-state index contributed by atoms with van der Waals surface area (Å²) in [6.07, 6.45) is 3.09. The van der Waals surface area contributed by atoms with E-state index in [4.69, 9.17) is 14.2 Å². The Bertz CT molecular complexity index is 1110. The highest BCUT2D eigenvalue weighted by Crippen LogP contribution is 2.47. The number of rotatable bonds is 5. The molecule has 0 atom stereocenters. The van der Waals surface area contributed by atoms with Crippen molar-refractivity contribution in [1.29, 1.82) is 0 Å². The maximum atomic E-state index is 13.0. The number of piperidine rings is 1. The van der Waals surface area contributed by atoms with E-state index in [9.17, 15) is 14.4 Å². The summed E-state index contributed by atoms with van der Waals surface area (Å²) in [4.78, 5) is 46.4. The van der Waals surface area contributed by atoms with Crippen LogP contribution in [0.2, 0.25) is 0 Å². The number of carbonyl (C=O) groups excluding carboxylic acids is 2. The van der Waals surface area contributed by atoms with Crippen LogP contribution in [0.1, 0.15) is 45.9 Å². The number of benzene rings is 1. The number of hydrogen-bond acceptors (Lipinski definition) is 8. The molecule has 9 nitrogen and oxygen atoms in total. The summed E-state index contributed by atoms with van der Waals surface area (Å²) in [5, 5.41) is 0. The minimum Gasteiger partial charge on any atom is -0.493 e. The zero-order valence-corrected chi connectivity index (χ0v) is 19.0. The van der Waals surface area contributed by atoms with Crippen LogP contribution >= 0.6 is 11.8 Å². The molecule has 1 aromatic heterocycles. The van der Waals surface area contributed by atoms with Gasteiger partial charge in [0.05, 0.1) is 32.0 Å². The van der Waals surface area contributed by atoms with E-state index in [1.54, 1.807) is 17.0 Å². The Balaban J connectivity index is 1.53. The van der Waals surface area contributed by atoms with Crippen molar-refractivity contribution in [2.45, 2.75) is 30.6 Å². The third-order valence-corrected chi connectivity index (χ3v) is 6.42. The molecule has 1 fully saturated rings. The van der Waals surface area contributed by atoms with Crippen molar-refractivity contribution in [3.63, 3.8) is 0 Å². The number of likely N-dealkylation sites (tertiary alicyclic amines) is 1. The van der Waals surface area contributed by atoms with Gasteiger partial charge in [-0.25, -0.2) is 4.98 Å². The Morgan fingerprint density at radius 2 is 2.00 bits per heavy atom. The summed E-state index contributed by atoms with van der Waals surface area (Å²) in [7, 11) is 3.04. The van der Waals surface area contributed by atoms with Crippen molar-refractivity contribution < 1.29 is 23.8 Å². The van der Waals surface area contributed by atoms with Crippen molar-refractivity contribution in [2.75, 3.05) is 33.6 Å². The van der Waals surface area contributed by atoms with Gasteiger partial charge in [0.25, 0.3) is 11.5 Å². The van der Waals surface area contributed by atoms with Crippen LogP contribution in [0, 0.1) is 0 Å². The standard InChI is InChI=1S/C22H25N3O6S/c1-29-16-5-4-13-15(26)11-22(31-19(13)20(16)30-2)6-8-25(9-7-22)21(28)14-10-18(27)24-17(23-14)12-32-3/h4-5,10H,6-9,11-12H2,1-3H3,(H,23,24,27). The summed E-state index contributed by atoms with van der Waals surface area (Å²) in [5.74, 6) is 1.94. The highest BCUT2D eigenvalue weighted by atomic mass is 32.2. The van der Waals surface area contributed by atoms with Gasteiger partial charge >= 0.3 is 0 Å². The molecule has 0 saturated carbocycles. The second-order valence-electron chi connectivity index (χ2n) is 7.87. The lowest BCUT2D eigenvalue weighted by atomic mass is 9.82. The van der Waals surface area contributed by atoms with E-state index < -0.39 is 5.60 Å². The molecule has 0 aliphatic carbocycles. The van der Waals surface area contributed by atoms with Gasteiger partial charge in [-0.15, -0.1) is 0 Å². The maximum Gasteiger partial charge on any atom is 0.272 e. The Kier molecular flexibility index (Phi) is 6.14. The number of Topliss-reactive ketones (excluding diaryl/α,β-unsaturated/α-hetero) is 1. The van der Waals surface area contributed by atoms with Crippen LogP contribution in [-0.4, -0.2) is 65.7 Å². The third kappa shape index (κ3) is 4.06. The molecule has 1 spiro atoms. The molecule has 2 aliphatic heterocycles. The Hall–Kier alpha value is -3.01. The van der Waals surface area contributed by atoms with Gasteiger partial charge < -0.3 is 24.1 Å². The van der Waals surface area contributed by atoms with E-state index >= 15 is 0 Å². The molecule has 1 saturated heterocycles. The molecule has 170 valence electrons. The van der Waals surface area contributed by atoms with E-state index in [1.807, 2.05) is 6.26 Å². The fraction of sp³-hybridized carbons (Fsp3) is 0.455. The number of hydrogen-bond donors (Lipinski definition) is 1. The molecule has 2 aliphatic rings. The largest absolute Gasteiger partial charge is 0.493 e. The van der Waals surface area contributed by atoms with Gasteiger partial charge in [0.1, 0.15) is 17.1 Å². The third-order valence-electron chi connectivity index (χ3n) is 5.85. The van der Waals surface area contributed by atoms with Gasteiger partial charge in [-0.3, -0.25) is 14.4 Å². The van der Waals surface area contributed by atoms with Crippen LogP contribution in [0.3, 0.4) is 0 Å². The first-order valence-electron chi connectivity index (χ1n) is 10.3. The molecule has 10 heteroatoms. The topological polar surface area (TPSA) is 111 Å². The van der Waals surface area contributed by atoms with Crippen LogP contribution in [0.15, 0.2) is 23.0 Å². The maximum absolute atomic E-state index is 13.0. The number of nitrogens with one attached hydrogen (secondary N) is 1. The van der Waals surface area contributed by atoms with Crippen molar-refractivity contribution >= 4 is 23.5 Å². The van der Waals surface area contributed by atoms with Gasteiger partial charge in [-0.2, -0.15) is 11.8 Å². The number of fused-ring (bicyclic) bond motifs is 1. The molecule has 0 unspecified atom stereocenters. The van der Waals surface area contributed by atoms with Crippen LogP contribution < -0.4 is 19.8 Å². The average molecular weight is 460 g/mol. The number of H-pyrrole nitrogens is 1. The van der Waals surface area contributed by atoms with Gasteiger partial charge in [-0.1, -0.05) is 0 Å². The van der Waals surface area contributed by atoms with Crippen molar-refractivity contribution in [2.24, 2.45) is 0 Å².